The maximum absolute atomic E-state index is 13.0. The van der Waals surface area contributed by atoms with Crippen LogP contribution in [-0.4, -0.2) is 41.1 Å². The molecule has 0 radical (unpaired) electrons. The lowest BCUT2D eigenvalue weighted by atomic mass is 9.87. The molecule has 3 nitrogen and oxygen atoms in total. The molecule has 0 spiro atoms. The van der Waals surface area contributed by atoms with Crippen LogP contribution in [0.4, 0.5) is 8.78 Å². The second-order valence-corrected chi connectivity index (χ2v) is 4.50. The minimum atomic E-state index is -3.05. The number of aliphatic hydroxyl groups is 3. The van der Waals surface area contributed by atoms with Gasteiger partial charge in [0, 0.05) is 25.0 Å². The number of halogens is 2. The van der Waals surface area contributed by atoms with E-state index < -0.39 is 18.4 Å². The second-order valence-electron chi connectivity index (χ2n) is 4.50. The summed E-state index contributed by atoms with van der Waals surface area (Å²) in [5, 5.41) is 26.3. The fourth-order valence-corrected chi connectivity index (χ4v) is 1.53. The molecule has 5 heteroatoms. The SMILES string of the molecule is CC(CCC(C)C(F)(F)CO)C(CO)CO. The summed E-state index contributed by atoms with van der Waals surface area (Å²) in [4.78, 5) is 0. The van der Waals surface area contributed by atoms with Crippen molar-refractivity contribution in [3.8, 4) is 0 Å². The summed E-state index contributed by atoms with van der Waals surface area (Å²) in [6, 6.07) is 0. The molecule has 0 heterocycles. The van der Waals surface area contributed by atoms with E-state index in [4.69, 9.17) is 15.3 Å². The van der Waals surface area contributed by atoms with Crippen molar-refractivity contribution in [2.24, 2.45) is 17.8 Å². The van der Waals surface area contributed by atoms with Crippen LogP contribution in [0.25, 0.3) is 0 Å². The fourth-order valence-electron chi connectivity index (χ4n) is 1.53. The maximum Gasteiger partial charge on any atom is 0.273 e. The van der Waals surface area contributed by atoms with E-state index in [9.17, 15) is 8.78 Å². The van der Waals surface area contributed by atoms with Crippen LogP contribution in [-0.2, 0) is 0 Å². The molecule has 0 saturated heterocycles. The Hall–Kier alpha value is -0.260. The van der Waals surface area contributed by atoms with Crippen LogP contribution >= 0.6 is 0 Å². The van der Waals surface area contributed by atoms with E-state index in [0.29, 0.717) is 6.42 Å². The van der Waals surface area contributed by atoms with Gasteiger partial charge in [0.05, 0.1) is 0 Å². The van der Waals surface area contributed by atoms with E-state index in [1.165, 1.54) is 6.92 Å². The molecule has 0 aliphatic carbocycles. The number of hydrogen-bond acceptors (Lipinski definition) is 3. The first-order chi connectivity index (χ1) is 7.38. The topological polar surface area (TPSA) is 60.7 Å². The Morgan fingerprint density at radius 2 is 1.50 bits per heavy atom. The van der Waals surface area contributed by atoms with Gasteiger partial charge in [-0.1, -0.05) is 13.8 Å². The minimum absolute atomic E-state index is 0.00746. The van der Waals surface area contributed by atoms with Gasteiger partial charge in [0.15, 0.2) is 0 Å². The van der Waals surface area contributed by atoms with Crippen molar-refractivity contribution in [1.82, 2.24) is 0 Å². The largest absolute Gasteiger partial charge is 0.396 e. The van der Waals surface area contributed by atoms with Crippen molar-refractivity contribution in [2.45, 2.75) is 32.6 Å². The molecule has 0 aromatic rings. The zero-order valence-corrected chi connectivity index (χ0v) is 9.87. The van der Waals surface area contributed by atoms with Gasteiger partial charge in [0.2, 0.25) is 0 Å². The van der Waals surface area contributed by atoms with Crippen molar-refractivity contribution in [3.63, 3.8) is 0 Å². The first-order valence-electron chi connectivity index (χ1n) is 5.59. The highest BCUT2D eigenvalue weighted by molar-refractivity contribution is 4.74. The summed E-state index contributed by atoms with van der Waals surface area (Å²) in [6.07, 6.45) is 0.772. The third-order valence-corrected chi connectivity index (χ3v) is 3.26. The second kappa shape index (κ2) is 7.14. The predicted molar refractivity (Wildman–Crippen MR) is 57.3 cm³/mol. The van der Waals surface area contributed by atoms with Crippen molar-refractivity contribution in [3.05, 3.63) is 0 Å². The fraction of sp³-hybridized carbons (Fsp3) is 1.00. The maximum atomic E-state index is 13.0. The highest BCUT2D eigenvalue weighted by atomic mass is 19.3. The van der Waals surface area contributed by atoms with E-state index in [1.807, 2.05) is 6.92 Å². The molecular formula is C11H22F2O3. The molecule has 2 atom stereocenters. The van der Waals surface area contributed by atoms with Gasteiger partial charge in [-0.05, 0) is 18.8 Å². The summed E-state index contributed by atoms with van der Waals surface area (Å²) in [7, 11) is 0. The molecule has 0 aliphatic heterocycles. The standard InChI is InChI=1S/C11H22F2O3/c1-8(10(5-14)6-15)3-4-9(2)11(12,13)7-16/h8-10,14-16H,3-7H2,1-2H3. The summed E-state index contributed by atoms with van der Waals surface area (Å²) in [6.45, 7) is 1.81. The molecule has 0 rings (SSSR count). The molecule has 3 N–H and O–H groups in total. The van der Waals surface area contributed by atoms with E-state index in [1.54, 1.807) is 0 Å². The van der Waals surface area contributed by atoms with Gasteiger partial charge in [0.25, 0.3) is 5.92 Å². The molecular weight excluding hydrogens is 218 g/mol. The molecule has 0 amide bonds. The predicted octanol–water partition coefficient (Wildman–Crippen LogP) is 1.27. The van der Waals surface area contributed by atoms with Gasteiger partial charge in [-0.25, -0.2) is 8.78 Å². The van der Waals surface area contributed by atoms with Crippen LogP contribution in [0.2, 0.25) is 0 Å². The highest BCUT2D eigenvalue weighted by Crippen LogP contribution is 2.30. The Morgan fingerprint density at radius 1 is 1.00 bits per heavy atom. The van der Waals surface area contributed by atoms with Crippen molar-refractivity contribution >= 4 is 0 Å². The number of rotatable bonds is 8. The highest BCUT2D eigenvalue weighted by Gasteiger charge is 2.35. The Kier molecular flexibility index (Phi) is 7.03. The Morgan fingerprint density at radius 3 is 1.88 bits per heavy atom. The van der Waals surface area contributed by atoms with Crippen molar-refractivity contribution in [1.29, 1.82) is 0 Å². The zero-order chi connectivity index (χ0) is 12.8. The number of alkyl halides is 2. The van der Waals surface area contributed by atoms with E-state index in [2.05, 4.69) is 0 Å². The molecule has 16 heavy (non-hydrogen) atoms. The van der Waals surface area contributed by atoms with Gasteiger partial charge in [0.1, 0.15) is 6.61 Å². The van der Waals surface area contributed by atoms with Gasteiger partial charge in [-0.15, -0.1) is 0 Å². The Labute approximate surface area is 95.1 Å². The smallest absolute Gasteiger partial charge is 0.273 e. The van der Waals surface area contributed by atoms with Gasteiger partial charge in [-0.3, -0.25) is 0 Å². The van der Waals surface area contributed by atoms with Crippen LogP contribution in [0.15, 0.2) is 0 Å². The summed E-state index contributed by atoms with van der Waals surface area (Å²) in [5.41, 5.74) is 0. The van der Waals surface area contributed by atoms with Crippen molar-refractivity contribution in [2.75, 3.05) is 19.8 Å². The number of aliphatic hydroxyl groups excluding tert-OH is 3. The average Bonchev–Trinajstić information content (AvgIpc) is 2.27. The van der Waals surface area contributed by atoms with Crippen LogP contribution in [0, 0.1) is 17.8 Å². The van der Waals surface area contributed by atoms with E-state index >= 15 is 0 Å². The minimum Gasteiger partial charge on any atom is -0.396 e. The molecule has 0 aromatic heterocycles. The summed E-state index contributed by atoms with van der Waals surface area (Å²) < 4.78 is 26.0. The molecule has 0 fully saturated rings. The van der Waals surface area contributed by atoms with Gasteiger partial charge < -0.3 is 15.3 Å². The Bertz CT molecular complexity index is 184. The number of hydrogen-bond donors (Lipinski definition) is 3. The molecule has 98 valence electrons. The van der Waals surface area contributed by atoms with Crippen LogP contribution in [0.1, 0.15) is 26.7 Å². The van der Waals surface area contributed by atoms with Crippen LogP contribution < -0.4 is 0 Å². The molecule has 0 aliphatic rings. The summed E-state index contributed by atoms with van der Waals surface area (Å²) in [5.74, 6) is -4.20. The summed E-state index contributed by atoms with van der Waals surface area (Å²) >= 11 is 0. The Balaban J connectivity index is 4.05. The lowest BCUT2D eigenvalue weighted by Crippen LogP contribution is -2.31. The molecule has 0 bridgehead atoms. The third-order valence-electron chi connectivity index (χ3n) is 3.26. The van der Waals surface area contributed by atoms with E-state index in [-0.39, 0.29) is 31.5 Å². The molecule has 2 unspecified atom stereocenters. The van der Waals surface area contributed by atoms with Gasteiger partial charge >= 0.3 is 0 Å². The van der Waals surface area contributed by atoms with E-state index in [0.717, 1.165) is 0 Å². The quantitative estimate of drug-likeness (QED) is 0.598. The lowest BCUT2D eigenvalue weighted by Gasteiger charge is -2.25. The van der Waals surface area contributed by atoms with Crippen LogP contribution in [0.5, 0.6) is 0 Å². The zero-order valence-electron chi connectivity index (χ0n) is 9.87. The monoisotopic (exact) mass is 240 g/mol. The third kappa shape index (κ3) is 4.72. The van der Waals surface area contributed by atoms with Crippen molar-refractivity contribution < 1.29 is 24.1 Å². The first kappa shape index (κ1) is 15.7. The van der Waals surface area contributed by atoms with Gasteiger partial charge in [-0.2, -0.15) is 0 Å². The molecule has 0 saturated carbocycles. The molecule has 0 aromatic carbocycles. The average molecular weight is 240 g/mol. The lowest BCUT2D eigenvalue weighted by molar-refractivity contribution is -0.0958. The van der Waals surface area contributed by atoms with Crippen LogP contribution in [0.3, 0.4) is 0 Å². The first-order valence-corrected chi connectivity index (χ1v) is 5.59. The normalized spacial score (nSPS) is 16.5.